The molecule has 3 heteroatoms. The zero-order chi connectivity index (χ0) is 10.1. The first-order valence-corrected chi connectivity index (χ1v) is 5.50. The van der Waals surface area contributed by atoms with E-state index < -0.39 is 0 Å². The fourth-order valence-corrected chi connectivity index (χ4v) is 2.10. The molecule has 3 N–H and O–H groups in total. The maximum absolute atomic E-state index is 6.01. The molecule has 1 aliphatic rings. The summed E-state index contributed by atoms with van der Waals surface area (Å²) < 4.78 is 0. The third-order valence-electron chi connectivity index (χ3n) is 2.75. The van der Waals surface area contributed by atoms with Crippen LogP contribution in [0.1, 0.15) is 49.9 Å². The SMILES string of the molecule is CC(C)Cc1nc2c([nH]1)CCCC2N. The van der Waals surface area contributed by atoms with Crippen LogP contribution in [0.2, 0.25) is 0 Å². The average Bonchev–Trinajstić information content (AvgIpc) is 2.47. The van der Waals surface area contributed by atoms with Crippen molar-refractivity contribution >= 4 is 0 Å². The molecule has 1 aliphatic carbocycles. The monoisotopic (exact) mass is 193 g/mol. The van der Waals surface area contributed by atoms with Gasteiger partial charge in [0.2, 0.25) is 0 Å². The van der Waals surface area contributed by atoms with Crippen molar-refractivity contribution in [2.75, 3.05) is 0 Å². The van der Waals surface area contributed by atoms with Crippen molar-refractivity contribution < 1.29 is 0 Å². The Morgan fingerprint density at radius 2 is 2.36 bits per heavy atom. The van der Waals surface area contributed by atoms with Gasteiger partial charge in [0.25, 0.3) is 0 Å². The van der Waals surface area contributed by atoms with Crippen molar-refractivity contribution in [1.29, 1.82) is 0 Å². The van der Waals surface area contributed by atoms with E-state index in [-0.39, 0.29) is 6.04 Å². The van der Waals surface area contributed by atoms with Crippen LogP contribution in [-0.2, 0) is 12.8 Å². The first-order chi connectivity index (χ1) is 6.66. The molecule has 14 heavy (non-hydrogen) atoms. The Kier molecular flexibility index (Phi) is 2.59. The Balaban J connectivity index is 2.21. The number of aromatic nitrogens is 2. The maximum Gasteiger partial charge on any atom is 0.106 e. The van der Waals surface area contributed by atoms with E-state index in [1.807, 2.05) is 0 Å². The lowest BCUT2D eigenvalue weighted by Crippen LogP contribution is -2.17. The van der Waals surface area contributed by atoms with Gasteiger partial charge in [-0.05, 0) is 25.2 Å². The topological polar surface area (TPSA) is 54.7 Å². The van der Waals surface area contributed by atoms with Crippen LogP contribution < -0.4 is 5.73 Å². The second-order valence-electron chi connectivity index (χ2n) is 4.64. The molecule has 1 atom stereocenters. The number of aromatic amines is 1. The van der Waals surface area contributed by atoms with Gasteiger partial charge < -0.3 is 10.7 Å². The summed E-state index contributed by atoms with van der Waals surface area (Å²) in [5.74, 6) is 1.76. The molecule has 0 spiro atoms. The zero-order valence-corrected chi connectivity index (χ0v) is 9.01. The number of imidazole rings is 1. The van der Waals surface area contributed by atoms with E-state index in [0.717, 1.165) is 30.8 Å². The molecule has 1 aromatic heterocycles. The highest BCUT2D eigenvalue weighted by atomic mass is 15.0. The fraction of sp³-hybridized carbons (Fsp3) is 0.727. The smallest absolute Gasteiger partial charge is 0.106 e. The van der Waals surface area contributed by atoms with E-state index in [4.69, 9.17) is 5.73 Å². The minimum Gasteiger partial charge on any atom is -0.346 e. The van der Waals surface area contributed by atoms with Crippen LogP contribution in [0.25, 0.3) is 0 Å². The molecule has 0 radical (unpaired) electrons. The summed E-state index contributed by atoms with van der Waals surface area (Å²) >= 11 is 0. The number of nitrogens with one attached hydrogen (secondary N) is 1. The third-order valence-corrected chi connectivity index (χ3v) is 2.75. The van der Waals surface area contributed by atoms with Crippen molar-refractivity contribution in [2.24, 2.45) is 11.7 Å². The largest absolute Gasteiger partial charge is 0.346 e. The van der Waals surface area contributed by atoms with Crippen molar-refractivity contribution in [3.8, 4) is 0 Å². The van der Waals surface area contributed by atoms with E-state index in [1.165, 1.54) is 12.1 Å². The van der Waals surface area contributed by atoms with E-state index in [1.54, 1.807) is 0 Å². The number of H-pyrrole nitrogens is 1. The molecule has 1 heterocycles. The molecule has 1 aromatic rings. The summed E-state index contributed by atoms with van der Waals surface area (Å²) in [6.07, 6.45) is 4.42. The Morgan fingerprint density at radius 3 is 3.00 bits per heavy atom. The molecule has 0 saturated carbocycles. The molecule has 1 unspecified atom stereocenters. The van der Waals surface area contributed by atoms with Crippen molar-refractivity contribution in [1.82, 2.24) is 9.97 Å². The second-order valence-corrected chi connectivity index (χ2v) is 4.64. The van der Waals surface area contributed by atoms with Crippen LogP contribution in [-0.4, -0.2) is 9.97 Å². The van der Waals surface area contributed by atoms with Gasteiger partial charge in [-0.25, -0.2) is 4.98 Å². The number of hydrogen-bond donors (Lipinski definition) is 2. The highest BCUT2D eigenvalue weighted by Crippen LogP contribution is 2.26. The Morgan fingerprint density at radius 1 is 1.57 bits per heavy atom. The molecule has 2 rings (SSSR count). The standard InChI is InChI=1S/C11H19N3/c1-7(2)6-10-13-9-5-3-4-8(12)11(9)14-10/h7-8H,3-6,12H2,1-2H3,(H,13,14). The lowest BCUT2D eigenvalue weighted by molar-refractivity contribution is 0.554. The molecule has 0 aliphatic heterocycles. The molecule has 0 fully saturated rings. The van der Waals surface area contributed by atoms with Gasteiger partial charge in [0.15, 0.2) is 0 Å². The van der Waals surface area contributed by atoms with Crippen LogP contribution in [0, 0.1) is 5.92 Å². The van der Waals surface area contributed by atoms with Gasteiger partial charge in [0, 0.05) is 18.2 Å². The molecule has 0 amide bonds. The summed E-state index contributed by atoms with van der Waals surface area (Å²) in [6, 6.07) is 0.163. The van der Waals surface area contributed by atoms with E-state index in [9.17, 15) is 0 Å². The van der Waals surface area contributed by atoms with Crippen LogP contribution in [0.15, 0.2) is 0 Å². The first kappa shape index (κ1) is 9.71. The van der Waals surface area contributed by atoms with Gasteiger partial charge >= 0.3 is 0 Å². The molecular formula is C11H19N3. The predicted octanol–water partition coefficient (Wildman–Crippen LogP) is 1.94. The van der Waals surface area contributed by atoms with Gasteiger partial charge in [0.05, 0.1) is 5.69 Å². The van der Waals surface area contributed by atoms with E-state index in [2.05, 4.69) is 23.8 Å². The van der Waals surface area contributed by atoms with Crippen molar-refractivity contribution in [2.45, 2.75) is 45.6 Å². The highest BCUT2D eigenvalue weighted by molar-refractivity contribution is 5.21. The lowest BCUT2D eigenvalue weighted by atomic mass is 9.97. The number of rotatable bonds is 2. The third kappa shape index (κ3) is 1.82. The normalized spacial score (nSPS) is 21.3. The number of fused-ring (bicyclic) bond motifs is 1. The van der Waals surface area contributed by atoms with E-state index >= 15 is 0 Å². The zero-order valence-electron chi connectivity index (χ0n) is 9.01. The summed E-state index contributed by atoms with van der Waals surface area (Å²) in [5.41, 5.74) is 8.40. The first-order valence-electron chi connectivity index (χ1n) is 5.50. The average molecular weight is 193 g/mol. The summed E-state index contributed by atoms with van der Waals surface area (Å²) in [6.45, 7) is 4.42. The highest BCUT2D eigenvalue weighted by Gasteiger charge is 2.21. The van der Waals surface area contributed by atoms with Crippen LogP contribution in [0.3, 0.4) is 0 Å². The van der Waals surface area contributed by atoms with Gasteiger partial charge in [-0.1, -0.05) is 13.8 Å². The minimum absolute atomic E-state index is 0.163. The summed E-state index contributed by atoms with van der Waals surface area (Å²) in [7, 11) is 0. The lowest BCUT2D eigenvalue weighted by Gasteiger charge is -2.15. The predicted molar refractivity (Wildman–Crippen MR) is 57.0 cm³/mol. The summed E-state index contributed by atoms with van der Waals surface area (Å²) in [5, 5.41) is 0. The Bertz CT molecular complexity index is 314. The Labute approximate surface area is 85.1 Å². The number of hydrogen-bond acceptors (Lipinski definition) is 2. The van der Waals surface area contributed by atoms with Crippen LogP contribution >= 0.6 is 0 Å². The minimum atomic E-state index is 0.163. The molecular weight excluding hydrogens is 174 g/mol. The maximum atomic E-state index is 6.01. The molecule has 78 valence electrons. The van der Waals surface area contributed by atoms with Crippen LogP contribution in [0.4, 0.5) is 0 Å². The Hall–Kier alpha value is -0.830. The van der Waals surface area contributed by atoms with E-state index in [0.29, 0.717) is 5.92 Å². The molecule has 0 bridgehead atoms. The summed E-state index contributed by atoms with van der Waals surface area (Å²) in [4.78, 5) is 8.00. The second kappa shape index (κ2) is 3.73. The fourth-order valence-electron chi connectivity index (χ4n) is 2.10. The number of nitrogens with two attached hydrogens (primary N) is 1. The number of nitrogens with zero attached hydrogens (tertiary/aromatic N) is 1. The number of aryl methyl sites for hydroxylation is 1. The molecule has 3 nitrogen and oxygen atoms in total. The van der Waals surface area contributed by atoms with Gasteiger partial charge in [-0.2, -0.15) is 0 Å². The van der Waals surface area contributed by atoms with Gasteiger partial charge in [-0.3, -0.25) is 0 Å². The quantitative estimate of drug-likeness (QED) is 0.754. The molecule has 0 saturated heterocycles. The van der Waals surface area contributed by atoms with Crippen molar-refractivity contribution in [3.05, 3.63) is 17.2 Å². The van der Waals surface area contributed by atoms with Gasteiger partial charge in [0.1, 0.15) is 5.82 Å². The van der Waals surface area contributed by atoms with Crippen molar-refractivity contribution in [3.63, 3.8) is 0 Å². The molecule has 0 aromatic carbocycles. The van der Waals surface area contributed by atoms with Gasteiger partial charge in [-0.15, -0.1) is 0 Å². The van der Waals surface area contributed by atoms with Crippen LogP contribution in [0.5, 0.6) is 0 Å².